The lowest BCUT2D eigenvalue weighted by Crippen LogP contribution is -2.27. The molecule has 1 aliphatic rings. The van der Waals surface area contributed by atoms with Crippen molar-refractivity contribution in [3.8, 4) is 0 Å². The Bertz CT molecular complexity index is 1120. The summed E-state index contributed by atoms with van der Waals surface area (Å²) in [6, 6.07) is 16.3. The smallest absolute Gasteiger partial charge is 0.242 e. The molecule has 0 atom stereocenters. The third-order valence-corrected chi connectivity index (χ3v) is 8.94. The first-order valence-corrected chi connectivity index (χ1v) is 13.6. The maximum Gasteiger partial charge on any atom is 0.242 e. The minimum Gasteiger partial charge on any atom is -0.316 e. The zero-order chi connectivity index (χ0) is 21.8. The van der Waals surface area contributed by atoms with Crippen molar-refractivity contribution < 1.29 is 8.42 Å². The normalized spacial score (nSPS) is 15.3. The van der Waals surface area contributed by atoms with Gasteiger partial charge in [-0.2, -0.15) is 0 Å². The molecule has 166 valence electrons. The molecule has 7 heteroatoms. The van der Waals surface area contributed by atoms with Gasteiger partial charge < -0.3 is 4.57 Å². The van der Waals surface area contributed by atoms with Crippen molar-refractivity contribution in [1.29, 1.82) is 0 Å². The van der Waals surface area contributed by atoms with Gasteiger partial charge >= 0.3 is 0 Å². The molecule has 3 aromatic rings. The predicted molar refractivity (Wildman–Crippen MR) is 128 cm³/mol. The Labute approximate surface area is 189 Å². The van der Waals surface area contributed by atoms with E-state index in [4.69, 9.17) is 4.98 Å². The second kappa shape index (κ2) is 9.76. The van der Waals surface area contributed by atoms with E-state index in [2.05, 4.69) is 35.8 Å². The van der Waals surface area contributed by atoms with E-state index >= 15 is 0 Å². The summed E-state index contributed by atoms with van der Waals surface area (Å²) < 4.78 is 29.9. The Morgan fingerprint density at radius 1 is 1.13 bits per heavy atom. The van der Waals surface area contributed by atoms with E-state index in [-0.39, 0.29) is 0 Å². The second-order valence-corrected chi connectivity index (χ2v) is 11.3. The van der Waals surface area contributed by atoms with E-state index in [9.17, 15) is 8.42 Å². The number of sulfonamides is 1. The Hall–Kier alpha value is -1.83. The number of imidazole rings is 1. The van der Waals surface area contributed by atoms with Gasteiger partial charge in [0.1, 0.15) is 0 Å². The zero-order valence-electron chi connectivity index (χ0n) is 18.3. The maximum atomic E-state index is 13.0. The van der Waals surface area contributed by atoms with Gasteiger partial charge in [-0.3, -0.25) is 0 Å². The first-order chi connectivity index (χ1) is 15.0. The molecule has 0 bridgehead atoms. The van der Waals surface area contributed by atoms with E-state index in [1.54, 1.807) is 30.9 Å². The molecular weight excluding hydrogens is 426 g/mol. The Morgan fingerprint density at radius 2 is 1.87 bits per heavy atom. The van der Waals surface area contributed by atoms with Crippen LogP contribution in [0.25, 0.3) is 11.0 Å². The first-order valence-electron chi connectivity index (χ1n) is 11.2. The Balaban J connectivity index is 1.69. The highest BCUT2D eigenvalue weighted by Gasteiger charge is 2.25. The minimum absolute atomic E-state index is 0.328. The van der Waals surface area contributed by atoms with E-state index in [1.165, 1.54) is 22.7 Å². The fraction of sp³-hybridized carbons (Fsp3) is 0.458. The second-order valence-electron chi connectivity index (χ2n) is 8.31. The highest BCUT2D eigenvalue weighted by molar-refractivity contribution is 7.98. The van der Waals surface area contributed by atoms with Gasteiger partial charge in [-0.1, -0.05) is 68.3 Å². The number of rotatable bonds is 9. The molecule has 1 aromatic heterocycles. The van der Waals surface area contributed by atoms with E-state index < -0.39 is 10.0 Å². The summed E-state index contributed by atoms with van der Waals surface area (Å²) in [6.07, 6.45) is 6.61. The van der Waals surface area contributed by atoms with E-state index in [0.29, 0.717) is 17.5 Å². The molecule has 0 amide bonds. The van der Waals surface area contributed by atoms with Crippen molar-refractivity contribution in [2.75, 3.05) is 13.6 Å². The van der Waals surface area contributed by atoms with Crippen LogP contribution < -0.4 is 0 Å². The third kappa shape index (κ3) is 4.83. The van der Waals surface area contributed by atoms with Crippen molar-refractivity contribution in [2.24, 2.45) is 0 Å². The van der Waals surface area contributed by atoms with Crippen LogP contribution in [-0.4, -0.2) is 35.9 Å². The molecule has 0 N–H and O–H groups in total. The van der Waals surface area contributed by atoms with Crippen LogP contribution in [0.3, 0.4) is 0 Å². The molecule has 0 aliphatic heterocycles. The summed E-state index contributed by atoms with van der Waals surface area (Å²) in [5.41, 5.74) is 3.07. The molecule has 0 unspecified atom stereocenters. The highest BCUT2D eigenvalue weighted by Crippen LogP contribution is 2.38. The topological polar surface area (TPSA) is 55.2 Å². The zero-order valence-corrected chi connectivity index (χ0v) is 20.0. The largest absolute Gasteiger partial charge is 0.316 e. The maximum absolute atomic E-state index is 13.0. The van der Waals surface area contributed by atoms with Crippen molar-refractivity contribution >= 4 is 32.8 Å². The van der Waals surface area contributed by atoms with Crippen LogP contribution in [0, 0.1) is 0 Å². The summed E-state index contributed by atoms with van der Waals surface area (Å²) in [5, 5.41) is 0.986. The van der Waals surface area contributed by atoms with Crippen LogP contribution in [0.2, 0.25) is 0 Å². The number of hydrogen-bond donors (Lipinski definition) is 0. The fourth-order valence-electron chi connectivity index (χ4n) is 4.24. The average Bonchev–Trinajstić information content (AvgIpc) is 3.43. The minimum atomic E-state index is -3.50. The van der Waals surface area contributed by atoms with Crippen molar-refractivity contribution in [1.82, 2.24) is 13.9 Å². The number of aromatic nitrogens is 2. The van der Waals surface area contributed by atoms with Crippen molar-refractivity contribution in [3.63, 3.8) is 0 Å². The van der Waals surface area contributed by atoms with Gasteiger partial charge in [0.2, 0.25) is 10.0 Å². The summed E-state index contributed by atoms with van der Waals surface area (Å²) in [6.45, 7) is 2.60. The van der Waals surface area contributed by atoms with Crippen LogP contribution in [0.1, 0.15) is 57.1 Å². The predicted octanol–water partition coefficient (Wildman–Crippen LogP) is 5.86. The lowest BCUT2D eigenvalue weighted by atomic mass is 10.2. The average molecular weight is 458 g/mol. The van der Waals surface area contributed by atoms with Crippen LogP contribution in [0.5, 0.6) is 0 Å². The molecule has 0 saturated heterocycles. The molecule has 1 heterocycles. The molecule has 31 heavy (non-hydrogen) atoms. The molecule has 2 aromatic carbocycles. The fourth-order valence-corrected chi connectivity index (χ4v) is 6.50. The van der Waals surface area contributed by atoms with Gasteiger partial charge in [0.15, 0.2) is 5.16 Å². The third-order valence-electron chi connectivity index (χ3n) is 6.06. The SMILES string of the molecule is CCCCN(C)S(=O)(=O)c1ccc2c(c1)nc(SCc1ccccc1)n2C1CCCC1. The first kappa shape index (κ1) is 22.4. The summed E-state index contributed by atoms with van der Waals surface area (Å²) >= 11 is 1.74. The van der Waals surface area contributed by atoms with Gasteiger partial charge in [0, 0.05) is 25.4 Å². The quantitative estimate of drug-likeness (QED) is 0.377. The molecule has 4 rings (SSSR count). The number of nitrogens with zero attached hydrogens (tertiary/aromatic N) is 3. The van der Waals surface area contributed by atoms with Gasteiger partial charge in [-0.05, 0) is 43.0 Å². The lowest BCUT2D eigenvalue weighted by Gasteiger charge is -2.18. The van der Waals surface area contributed by atoms with Gasteiger partial charge in [0.25, 0.3) is 0 Å². The number of fused-ring (bicyclic) bond motifs is 1. The molecule has 5 nitrogen and oxygen atoms in total. The molecule has 0 radical (unpaired) electrons. The number of unbranched alkanes of at least 4 members (excludes halogenated alkanes) is 1. The Kier molecular flexibility index (Phi) is 7.04. The van der Waals surface area contributed by atoms with Crippen molar-refractivity contribution in [3.05, 3.63) is 54.1 Å². The number of thioether (sulfide) groups is 1. The van der Waals surface area contributed by atoms with Crippen LogP contribution in [-0.2, 0) is 15.8 Å². The van der Waals surface area contributed by atoms with Gasteiger partial charge in [-0.15, -0.1) is 0 Å². The molecular formula is C24H31N3O2S2. The summed E-state index contributed by atoms with van der Waals surface area (Å²) in [5.74, 6) is 0.849. The number of benzene rings is 2. The van der Waals surface area contributed by atoms with Crippen LogP contribution in [0.4, 0.5) is 0 Å². The lowest BCUT2D eigenvalue weighted by molar-refractivity contribution is 0.459. The van der Waals surface area contributed by atoms with Crippen molar-refractivity contribution in [2.45, 2.75) is 67.3 Å². The summed E-state index contributed by atoms with van der Waals surface area (Å²) in [7, 11) is -1.84. The summed E-state index contributed by atoms with van der Waals surface area (Å²) in [4.78, 5) is 5.24. The monoisotopic (exact) mass is 457 g/mol. The van der Waals surface area contributed by atoms with E-state index in [0.717, 1.165) is 47.6 Å². The molecule has 1 saturated carbocycles. The molecule has 1 fully saturated rings. The number of hydrogen-bond acceptors (Lipinski definition) is 4. The standard InChI is InChI=1S/C24H31N3O2S2/c1-3-4-16-26(2)31(28,29)21-14-15-23-22(17-21)25-24(27(23)20-12-8-9-13-20)30-18-19-10-6-5-7-11-19/h5-7,10-11,14-15,17,20H,3-4,8-9,12-13,16,18H2,1-2H3. The van der Waals surface area contributed by atoms with Crippen LogP contribution in [0.15, 0.2) is 58.6 Å². The van der Waals surface area contributed by atoms with Crippen LogP contribution >= 0.6 is 11.8 Å². The Morgan fingerprint density at radius 3 is 2.58 bits per heavy atom. The van der Waals surface area contributed by atoms with E-state index in [1.807, 2.05) is 12.1 Å². The molecule has 1 aliphatic carbocycles. The highest BCUT2D eigenvalue weighted by atomic mass is 32.2. The van der Waals surface area contributed by atoms with Gasteiger partial charge in [-0.25, -0.2) is 17.7 Å². The van der Waals surface area contributed by atoms with Gasteiger partial charge in [0.05, 0.1) is 15.9 Å². The molecule has 0 spiro atoms.